The summed E-state index contributed by atoms with van der Waals surface area (Å²) in [4.78, 5) is 16.3. The van der Waals surface area contributed by atoms with E-state index in [0.29, 0.717) is 30.7 Å². The number of rotatable bonds is 5. The second-order valence-electron chi connectivity index (χ2n) is 7.37. The van der Waals surface area contributed by atoms with Crippen molar-refractivity contribution in [3.8, 4) is 11.5 Å². The number of hydrogen-bond acceptors (Lipinski definition) is 8. The van der Waals surface area contributed by atoms with Crippen LogP contribution in [0.3, 0.4) is 0 Å². The summed E-state index contributed by atoms with van der Waals surface area (Å²) < 4.78 is 12.9. The first-order valence-electron chi connectivity index (χ1n) is 9.83. The fourth-order valence-electron chi connectivity index (χ4n) is 3.74. The van der Waals surface area contributed by atoms with Crippen LogP contribution in [-0.4, -0.2) is 43.6 Å². The lowest BCUT2D eigenvalue weighted by atomic mass is 9.85. The summed E-state index contributed by atoms with van der Waals surface area (Å²) in [5.41, 5.74) is 2.35. The normalized spacial score (nSPS) is 20.2. The molecule has 4 heterocycles. The van der Waals surface area contributed by atoms with E-state index in [1.807, 2.05) is 11.6 Å². The number of nitrogens with one attached hydrogen (secondary N) is 1. The number of nitrogens with zero attached hydrogens (tertiary/aromatic N) is 5. The Morgan fingerprint density at radius 1 is 1.25 bits per heavy atom. The molecule has 1 aliphatic heterocycles. The van der Waals surface area contributed by atoms with Crippen molar-refractivity contribution >= 4 is 22.7 Å². The number of hydrogen-bond donors (Lipinski definition) is 1. The zero-order valence-electron chi connectivity index (χ0n) is 15.7. The predicted molar refractivity (Wildman–Crippen MR) is 101 cm³/mol. The molecule has 2 fully saturated rings. The Labute approximate surface area is 161 Å². The summed E-state index contributed by atoms with van der Waals surface area (Å²) in [6, 6.07) is -0.0235. The fraction of sp³-hybridized carbons (Fsp3) is 0.526. The average molecular weight is 382 g/mol. The summed E-state index contributed by atoms with van der Waals surface area (Å²) >= 11 is 0. The molecular formula is C19H22N6O3. The third-order valence-corrected chi connectivity index (χ3v) is 5.58. The molecule has 0 spiro atoms. The minimum Gasteiger partial charge on any atom is -0.466 e. The number of esters is 1. The largest absolute Gasteiger partial charge is 0.466 e. The molecule has 1 aliphatic carbocycles. The third kappa shape index (κ3) is 2.90. The standard InChI is InChI=1S/C19H22N6O3/c1-2-25-17-13(10-21-25)16(22-12-6-7-27-15(26)8-12)14(9-20-17)19-24-23-18(28-19)11-4-3-5-11/h9-12H,2-8H2,1H3,(H,20,22). The van der Waals surface area contributed by atoms with Crippen molar-refractivity contribution in [3.63, 3.8) is 0 Å². The highest BCUT2D eigenvalue weighted by Crippen LogP contribution is 2.39. The van der Waals surface area contributed by atoms with E-state index in [-0.39, 0.29) is 12.0 Å². The Hall–Kier alpha value is -2.97. The zero-order chi connectivity index (χ0) is 19.1. The SMILES string of the molecule is CCn1ncc2c(NC3CCOC(=O)C3)c(-c3nnc(C4CCC4)o3)cnc21. The lowest BCUT2D eigenvalue weighted by Gasteiger charge is -2.24. The highest BCUT2D eigenvalue weighted by Gasteiger charge is 2.28. The van der Waals surface area contributed by atoms with Crippen molar-refractivity contribution in [3.05, 3.63) is 18.3 Å². The monoisotopic (exact) mass is 382 g/mol. The smallest absolute Gasteiger partial charge is 0.307 e. The lowest BCUT2D eigenvalue weighted by Crippen LogP contribution is -2.31. The number of anilines is 1. The number of aryl methyl sites for hydroxylation is 1. The van der Waals surface area contributed by atoms with Gasteiger partial charge in [-0.2, -0.15) is 5.10 Å². The van der Waals surface area contributed by atoms with Crippen LogP contribution in [0.1, 0.15) is 50.8 Å². The van der Waals surface area contributed by atoms with Gasteiger partial charge in [0.15, 0.2) is 5.65 Å². The van der Waals surface area contributed by atoms with Gasteiger partial charge < -0.3 is 14.5 Å². The molecule has 5 rings (SSSR count). The quantitative estimate of drug-likeness (QED) is 0.671. The van der Waals surface area contributed by atoms with E-state index in [2.05, 4.69) is 25.6 Å². The maximum absolute atomic E-state index is 11.7. The molecule has 0 aromatic carbocycles. The molecule has 146 valence electrons. The molecule has 9 heteroatoms. The van der Waals surface area contributed by atoms with Gasteiger partial charge in [0.05, 0.1) is 35.9 Å². The predicted octanol–water partition coefficient (Wildman–Crippen LogP) is 2.89. The minimum atomic E-state index is -0.190. The second-order valence-corrected chi connectivity index (χ2v) is 7.37. The Kier molecular flexibility index (Phi) is 4.22. The van der Waals surface area contributed by atoms with Crippen molar-refractivity contribution in [1.82, 2.24) is 25.0 Å². The van der Waals surface area contributed by atoms with E-state index in [4.69, 9.17) is 9.15 Å². The average Bonchev–Trinajstić information content (AvgIpc) is 3.28. The van der Waals surface area contributed by atoms with Crippen LogP contribution in [0.4, 0.5) is 5.69 Å². The van der Waals surface area contributed by atoms with E-state index in [1.54, 1.807) is 12.4 Å². The summed E-state index contributed by atoms with van der Waals surface area (Å²) in [7, 11) is 0. The van der Waals surface area contributed by atoms with Crippen LogP contribution in [0, 0.1) is 0 Å². The molecule has 2 aliphatic rings. The third-order valence-electron chi connectivity index (χ3n) is 5.58. The molecular weight excluding hydrogens is 360 g/mol. The van der Waals surface area contributed by atoms with E-state index in [9.17, 15) is 4.79 Å². The minimum absolute atomic E-state index is 0.0235. The number of pyridine rings is 1. The highest BCUT2D eigenvalue weighted by molar-refractivity contribution is 5.96. The van der Waals surface area contributed by atoms with Crippen LogP contribution >= 0.6 is 0 Å². The molecule has 9 nitrogen and oxygen atoms in total. The van der Waals surface area contributed by atoms with Gasteiger partial charge in [-0.3, -0.25) is 4.79 Å². The van der Waals surface area contributed by atoms with Crippen LogP contribution in [0.2, 0.25) is 0 Å². The number of fused-ring (bicyclic) bond motifs is 1. The molecule has 1 N–H and O–H groups in total. The number of carbonyl (C=O) groups is 1. The van der Waals surface area contributed by atoms with E-state index >= 15 is 0 Å². The van der Waals surface area contributed by atoms with Crippen molar-refractivity contribution in [2.24, 2.45) is 0 Å². The molecule has 0 radical (unpaired) electrons. The van der Waals surface area contributed by atoms with E-state index in [1.165, 1.54) is 6.42 Å². The second kappa shape index (κ2) is 6.88. The van der Waals surface area contributed by atoms with Gasteiger partial charge in [-0.05, 0) is 19.8 Å². The Bertz CT molecular complexity index is 1020. The summed E-state index contributed by atoms with van der Waals surface area (Å²) in [6.07, 6.45) is 8.00. The first kappa shape index (κ1) is 17.2. The Balaban J connectivity index is 1.57. The zero-order valence-corrected chi connectivity index (χ0v) is 15.7. The van der Waals surface area contributed by atoms with Crippen LogP contribution in [-0.2, 0) is 16.1 Å². The van der Waals surface area contributed by atoms with Crippen molar-refractivity contribution in [2.75, 3.05) is 11.9 Å². The van der Waals surface area contributed by atoms with Crippen LogP contribution in [0.25, 0.3) is 22.5 Å². The number of aromatic nitrogens is 5. The van der Waals surface area contributed by atoms with E-state index in [0.717, 1.165) is 48.1 Å². The van der Waals surface area contributed by atoms with Crippen molar-refractivity contribution in [1.29, 1.82) is 0 Å². The number of carbonyl (C=O) groups excluding carboxylic acids is 1. The van der Waals surface area contributed by atoms with Crippen molar-refractivity contribution in [2.45, 2.75) is 57.5 Å². The van der Waals surface area contributed by atoms with Gasteiger partial charge in [0.1, 0.15) is 0 Å². The molecule has 1 atom stereocenters. The van der Waals surface area contributed by atoms with Crippen LogP contribution < -0.4 is 5.32 Å². The van der Waals surface area contributed by atoms with Crippen LogP contribution in [0.15, 0.2) is 16.8 Å². The van der Waals surface area contributed by atoms with Gasteiger partial charge in [-0.25, -0.2) is 9.67 Å². The molecule has 1 saturated carbocycles. The summed E-state index contributed by atoms with van der Waals surface area (Å²) in [6.45, 7) is 3.16. The summed E-state index contributed by atoms with van der Waals surface area (Å²) in [5.74, 6) is 1.31. The van der Waals surface area contributed by atoms with Gasteiger partial charge in [-0.1, -0.05) is 6.42 Å². The maximum atomic E-state index is 11.7. The molecule has 28 heavy (non-hydrogen) atoms. The van der Waals surface area contributed by atoms with Gasteiger partial charge in [0.2, 0.25) is 5.89 Å². The van der Waals surface area contributed by atoms with Gasteiger partial charge >= 0.3 is 5.97 Å². The molecule has 1 unspecified atom stereocenters. The Morgan fingerprint density at radius 3 is 2.89 bits per heavy atom. The van der Waals surface area contributed by atoms with Gasteiger partial charge in [-0.15, -0.1) is 10.2 Å². The first-order chi connectivity index (χ1) is 13.7. The first-order valence-corrected chi connectivity index (χ1v) is 9.83. The molecule has 0 bridgehead atoms. The van der Waals surface area contributed by atoms with Crippen molar-refractivity contribution < 1.29 is 13.9 Å². The van der Waals surface area contributed by atoms with E-state index < -0.39 is 0 Å². The molecule has 1 saturated heterocycles. The molecule has 3 aromatic rings. The van der Waals surface area contributed by atoms with Crippen LogP contribution in [0.5, 0.6) is 0 Å². The number of cyclic esters (lactones) is 1. The topological polar surface area (TPSA) is 108 Å². The lowest BCUT2D eigenvalue weighted by molar-refractivity contribution is -0.147. The van der Waals surface area contributed by atoms with Gasteiger partial charge in [0, 0.05) is 31.1 Å². The van der Waals surface area contributed by atoms with Gasteiger partial charge in [0.25, 0.3) is 5.89 Å². The molecule has 0 amide bonds. The highest BCUT2D eigenvalue weighted by atomic mass is 16.5. The molecule has 3 aromatic heterocycles. The fourth-order valence-corrected chi connectivity index (χ4v) is 3.74. The summed E-state index contributed by atoms with van der Waals surface area (Å²) in [5, 5.41) is 17.3. The number of ether oxygens (including phenoxy) is 1. The Morgan fingerprint density at radius 2 is 2.14 bits per heavy atom. The maximum Gasteiger partial charge on any atom is 0.307 e.